The van der Waals surface area contributed by atoms with Gasteiger partial charge in [0.05, 0.1) is 24.5 Å². The lowest BCUT2D eigenvalue weighted by Gasteiger charge is -2.32. The highest BCUT2D eigenvalue weighted by Gasteiger charge is 2.20. The summed E-state index contributed by atoms with van der Waals surface area (Å²) < 4.78 is 11.7. The third kappa shape index (κ3) is 8.95. The number of piperazine rings is 1. The lowest BCUT2D eigenvalue weighted by molar-refractivity contribution is 0.0990. The lowest BCUT2D eigenvalue weighted by atomic mass is 10.1. The molecule has 0 radical (unpaired) electrons. The molecule has 11 heteroatoms. The summed E-state index contributed by atoms with van der Waals surface area (Å²) in [6.07, 6.45) is 1.32. The number of likely N-dealkylation sites (N-methyl/N-ethyl adjacent to an activating group) is 1. The van der Waals surface area contributed by atoms with Crippen molar-refractivity contribution in [2.24, 2.45) is 5.73 Å². The summed E-state index contributed by atoms with van der Waals surface area (Å²) in [7, 11) is 3.75. The van der Waals surface area contributed by atoms with Crippen molar-refractivity contribution >= 4 is 29.2 Å². The van der Waals surface area contributed by atoms with Crippen LogP contribution in [0.5, 0.6) is 11.5 Å². The van der Waals surface area contributed by atoms with Crippen molar-refractivity contribution in [3.05, 3.63) is 83.9 Å². The Hall–Kier alpha value is -4.61. The van der Waals surface area contributed by atoms with Crippen molar-refractivity contribution in [2.75, 3.05) is 76.8 Å². The zero-order valence-corrected chi connectivity index (χ0v) is 25.5. The number of ether oxygens (including phenoxy) is 2. The molecule has 0 aliphatic carbocycles. The molecule has 4 N–H and O–H groups in total. The first-order valence-electron chi connectivity index (χ1n) is 14.9. The number of hydrogen-bond acceptors (Lipinski definition) is 7. The van der Waals surface area contributed by atoms with Crippen molar-refractivity contribution in [3.8, 4) is 11.5 Å². The minimum atomic E-state index is -0.311. The Morgan fingerprint density at radius 3 is 2.20 bits per heavy atom. The molecule has 0 aromatic heterocycles. The molecule has 0 saturated carbocycles. The molecule has 0 bridgehead atoms. The van der Waals surface area contributed by atoms with E-state index in [0.29, 0.717) is 73.1 Å². The fourth-order valence-corrected chi connectivity index (χ4v) is 4.67. The van der Waals surface area contributed by atoms with E-state index < -0.39 is 0 Å². The van der Waals surface area contributed by atoms with Crippen molar-refractivity contribution < 1.29 is 23.9 Å². The smallest absolute Gasteiger partial charge is 0.317 e. The number of nitrogens with one attached hydrogen (secondary N) is 2. The van der Waals surface area contributed by atoms with Gasteiger partial charge in [0.1, 0.15) is 11.5 Å². The molecule has 234 valence electrons. The van der Waals surface area contributed by atoms with E-state index in [0.717, 1.165) is 26.2 Å². The van der Waals surface area contributed by atoms with Crippen LogP contribution in [0.1, 0.15) is 33.6 Å². The Morgan fingerprint density at radius 1 is 0.841 bits per heavy atom. The van der Waals surface area contributed by atoms with Gasteiger partial charge in [0.2, 0.25) is 0 Å². The highest BCUT2D eigenvalue weighted by atomic mass is 16.5. The molecule has 0 unspecified atom stereocenters. The zero-order valence-electron chi connectivity index (χ0n) is 25.5. The number of benzene rings is 3. The summed E-state index contributed by atoms with van der Waals surface area (Å²) in [5.74, 6) is 0.527. The molecule has 11 nitrogen and oxygen atoms in total. The molecule has 0 spiro atoms. The van der Waals surface area contributed by atoms with Crippen LogP contribution in [0.3, 0.4) is 0 Å². The van der Waals surface area contributed by atoms with E-state index in [-0.39, 0.29) is 17.8 Å². The van der Waals surface area contributed by atoms with Crippen LogP contribution >= 0.6 is 0 Å². The van der Waals surface area contributed by atoms with E-state index in [9.17, 15) is 14.4 Å². The first-order valence-corrected chi connectivity index (χ1v) is 14.9. The van der Waals surface area contributed by atoms with Gasteiger partial charge in [-0.25, -0.2) is 4.79 Å². The third-order valence-corrected chi connectivity index (χ3v) is 7.30. The number of carbonyl (C=O) groups is 3. The molecule has 1 aliphatic heterocycles. The maximum atomic E-state index is 13.3. The molecule has 0 atom stereocenters. The molecular weight excluding hydrogens is 560 g/mol. The standard InChI is InChI=1S/C33H42N6O5/c1-37-19-21-39(22-20-37)33(42)35-18-8-24-44-30-12-6-4-10-28(30)38(2)32(41)25-13-15-26(16-14-25)36-31(40)27-9-3-5-11-29(27)43-23-7-17-34/h3-6,9-16H,7-8,17-24,34H2,1-2H3,(H,35,42)(H,36,40). The van der Waals surface area contributed by atoms with Gasteiger partial charge < -0.3 is 40.5 Å². The highest BCUT2D eigenvalue weighted by Crippen LogP contribution is 2.29. The largest absolute Gasteiger partial charge is 0.493 e. The van der Waals surface area contributed by atoms with Crippen LogP contribution in [0.15, 0.2) is 72.8 Å². The van der Waals surface area contributed by atoms with Crippen LogP contribution in [-0.2, 0) is 0 Å². The van der Waals surface area contributed by atoms with Crippen LogP contribution in [0.2, 0.25) is 0 Å². The Bertz CT molecular complexity index is 1390. The topological polar surface area (TPSA) is 129 Å². The number of anilines is 2. The summed E-state index contributed by atoms with van der Waals surface area (Å²) >= 11 is 0. The molecule has 1 heterocycles. The van der Waals surface area contributed by atoms with Crippen molar-refractivity contribution in [3.63, 3.8) is 0 Å². The SMILES string of the molecule is CN1CCN(C(=O)NCCCOc2ccccc2N(C)C(=O)c2ccc(NC(=O)c3ccccc3OCCCN)cc2)CC1. The number of rotatable bonds is 13. The molecule has 3 aromatic rings. The van der Waals surface area contributed by atoms with Gasteiger partial charge in [-0.2, -0.15) is 0 Å². The second-order valence-corrected chi connectivity index (χ2v) is 10.6. The van der Waals surface area contributed by atoms with Gasteiger partial charge in [-0.05, 0) is 75.0 Å². The molecule has 1 fully saturated rings. The highest BCUT2D eigenvalue weighted by molar-refractivity contribution is 6.08. The van der Waals surface area contributed by atoms with Gasteiger partial charge in [-0.1, -0.05) is 24.3 Å². The average molecular weight is 603 g/mol. The normalized spacial score (nSPS) is 13.2. The van der Waals surface area contributed by atoms with Crippen molar-refractivity contribution in [1.82, 2.24) is 15.1 Å². The summed E-state index contributed by atoms with van der Waals surface area (Å²) in [5.41, 5.74) is 7.59. The monoisotopic (exact) mass is 602 g/mol. The predicted molar refractivity (Wildman–Crippen MR) is 172 cm³/mol. The molecule has 4 amide bonds. The summed E-state index contributed by atoms with van der Waals surface area (Å²) in [5, 5.41) is 5.82. The van der Waals surface area contributed by atoms with Gasteiger partial charge in [-0.3, -0.25) is 9.59 Å². The Balaban J connectivity index is 1.29. The Kier molecular flexibility index (Phi) is 12.0. The number of urea groups is 1. The lowest BCUT2D eigenvalue weighted by Crippen LogP contribution is -2.50. The van der Waals surface area contributed by atoms with Gasteiger partial charge in [0.25, 0.3) is 11.8 Å². The number of para-hydroxylation sites is 3. The van der Waals surface area contributed by atoms with E-state index in [1.54, 1.807) is 49.5 Å². The van der Waals surface area contributed by atoms with Crippen LogP contribution in [0.4, 0.5) is 16.2 Å². The number of hydrogen-bond donors (Lipinski definition) is 3. The quantitative estimate of drug-likeness (QED) is 0.255. The second kappa shape index (κ2) is 16.3. The van der Waals surface area contributed by atoms with Gasteiger partial charge in [-0.15, -0.1) is 0 Å². The van der Waals surface area contributed by atoms with E-state index in [2.05, 4.69) is 22.6 Å². The van der Waals surface area contributed by atoms with E-state index >= 15 is 0 Å². The third-order valence-electron chi connectivity index (χ3n) is 7.30. The predicted octanol–water partition coefficient (Wildman–Crippen LogP) is 3.67. The van der Waals surface area contributed by atoms with E-state index in [1.807, 2.05) is 35.2 Å². The Labute approximate surface area is 258 Å². The van der Waals surface area contributed by atoms with E-state index in [1.165, 1.54) is 4.90 Å². The summed E-state index contributed by atoms with van der Waals surface area (Å²) in [6.45, 7) is 5.02. The van der Waals surface area contributed by atoms with Crippen LogP contribution in [0, 0.1) is 0 Å². The molecule has 44 heavy (non-hydrogen) atoms. The second-order valence-electron chi connectivity index (χ2n) is 10.6. The minimum Gasteiger partial charge on any atom is -0.493 e. The maximum Gasteiger partial charge on any atom is 0.317 e. The van der Waals surface area contributed by atoms with Gasteiger partial charge >= 0.3 is 6.03 Å². The fraction of sp³-hybridized carbons (Fsp3) is 0.364. The molecule has 1 aliphatic rings. The summed E-state index contributed by atoms with van der Waals surface area (Å²) in [4.78, 5) is 44.2. The molecule has 3 aromatic carbocycles. The Morgan fingerprint density at radius 2 is 1.48 bits per heavy atom. The average Bonchev–Trinajstić information content (AvgIpc) is 3.05. The van der Waals surface area contributed by atoms with Crippen LogP contribution in [-0.4, -0.2) is 94.2 Å². The summed E-state index contributed by atoms with van der Waals surface area (Å²) in [6, 6.07) is 21.0. The van der Waals surface area contributed by atoms with Crippen molar-refractivity contribution in [2.45, 2.75) is 12.8 Å². The number of nitrogens with zero attached hydrogens (tertiary/aromatic N) is 3. The number of nitrogens with two attached hydrogens (primary N) is 1. The molecular formula is C33H42N6O5. The number of carbonyl (C=O) groups excluding carboxylic acids is 3. The van der Waals surface area contributed by atoms with Crippen LogP contribution < -0.4 is 30.7 Å². The van der Waals surface area contributed by atoms with Gasteiger partial charge in [0, 0.05) is 51.0 Å². The van der Waals surface area contributed by atoms with E-state index in [4.69, 9.17) is 15.2 Å². The van der Waals surface area contributed by atoms with Crippen molar-refractivity contribution in [1.29, 1.82) is 0 Å². The minimum absolute atomic E-state index is 0.0495. The van der Waals surface area contributed by atoms with Gasteiger partial charge in [0.15, 0.2) is 0 Å². The first kappa shape index (κ1) is 32.3. The zero-order chi connectivity index (χ0) is 31.3. The fourth-order valence-electron chi connectivity index (χ4n) is 4.67. The number of amides is 4. The maximum absolute atomic E-state index is 13.3. The molecule has 4 rings (SSSR count). The first-order chi connectivity index (χ1) is 21.4. The van der Waals surface area contributed by atoms with Crippen LogP contribution in [0.25, 0.3) is 0 Å². The molecule has 1 saturated heterocycles.